The van der Waals surface area contributed by atoms with E-state index in [1.54, 1.807) is 53.4 Å². The third-order valence-electron chi connectivity index (χ3n) is 4.18. The van der Waals surface area contributed by atoms with E-state index in [1.165, 1.54) is 0 Å². The molecule has 1 aliphatic rings. The number of amides is 2. The summed E-state index contributed by atoms with van der Waals surface area (Å²) in [6, 6.07) is 15.8. The highest BCUT2D eigenvalue weighted by molar-refractivity contribution is 6.04. The summed E-state index contributed by atoms with van der Waals surface area (Å²) in [7, 11) is 0. The molecule has 2 aromatic rings. The standard InChI is InChI=1S/C20H19N3O3/c21-12-14-26-18-10-6-16(7-11-18)22-20(25)15-4-8-17(9-5-15)23-13-2-1-3-19(23)24/h4-11H,1-3,13-14H2,(H,22,25). The van der Waals surface area contributed by atoms with Crippen LogP contribution in [0.1, 0.15) is 29.6 Å². The predicted octanol–water partition coefficient (Wildman–Crippen LogP) is 3.36. The van der Waals surface area contributed by atoms with Crippen molar-refractivity contribution in [1.29, 1.82) is 5.26 Å². The summed E-state index contributed by atoms with van der Waals surface area (Å²) in [5.41, 5.74) is 1.97. The zero-order valence-electron chi connectivity index (χ0n) is 14.3. The minimum Gasteiger partial charge on any atom is -0.479 e. The summed E-state index contributed by atoms with van der Waals surface area (Å²) in [6.07, 6.45) is 2.52. The predicted molar refractivity (Wildman–Crippen MR) is 98.1 cm³/mol. The number of benzene rings is 2. The van der Waals surface area contributed by atoms with Crippen molar-refractivity contribution < 1.29 is 14.3 Å². The van der Waals surface area contributed by atoms with Gasteiger partial charge in [0.05, 0.1) is 0 Å². The highest BCUT2D eigenvalue weighted by Gasteiger charge is 2.19. The van der Waals surface area contributed by atoms with Crippen molar-refractivity contribution in [2.24, 2.45) is 0 Å². The van der Waals surface area contributed by atoms with E-state index in [4.69, 9.17) is 10.00 Å². The quantitative estimate of drug-likeness (QED) is 0.897. The molecule has 2 amide bonds. The van der Waals surface area contributed by atoms with Crippen LogP contribution in [0.15, 0.2) is 48.5 Å². The Bertz CT molecular complexity index is 823. The summed E-state index contributed by atoms with van der Waals surface area (Å²) < 4.78 is 5.17. The Kier molecular flexibility index (Phi) is 5.49. The van der Waals surface area contributed by atoms with E-state index >= 15 is 0 Å². The maximum Gasteiger partial charge on any atom is 0.255 e. The average Bonchev–Trinajstić information content (AvgIpc) is 2.68. The molecule has 1 saturated heterocycles. The largest absolute Gasteiger partial charge is 0.479 e. The van der Waals surface area contributed by atoms with Crippen LogP contribution in [0.2, 0.25) is 0 Å². The van der Waals surface area contributed by atoms with Gasteiger partial charge in [0.1, 0.15) is 11.8 Å². The number of nitriles is 1. The van der Waals surface area contributed by atoms with Crippen LogP contribution in [-0.4, -0.2) is 25.0 Å². The number of hydrogen-bond acceptors (Lipinski definition) is 4. The van der Waals surface area contributed by atoms with Gasteiger partial charge in [-0.1, -0.05) is 0 Å². The van der Waals surface area contributed by atoms with Gasteiger partial charge in [-0.2, -0.15) is 5.26 Å². The smallest absolute Gasteiger partial charge is 0.255 e. The molecule has 132 valence electrons. The minimum absolute atomic E-state index is 0.0163. The van der Waals surface area contributed by atoms with E-state index in [1.807, 2.05) is 6.07 Å². The Morgan fingerprint density at radius 3 is 2.50 bits per heavy atom. The number of ether oxygens (including phenoxy) is 1. The van der Waals surface area contributed by atoms with Crippen LogP contribution >= 0.6 is 0 Å². The van der Waals surface area contributed by atoms with Gasteiger partial charge in [0.25, 0.3) is 5.91 Å². The summed E-state index contributed by atoms with van der Waals surface area (Å²) in [4.78, 5) is 26.1. The Morgan fingerprint density at radius 2 is 1.85 bits per heavy atom. The number of anilines is 2. The number of carbonyl (C=O) groups excluding carboxylic acids is 2. The Hall–Kier alpha value is -3.33. The van der Waals surface area contributed by atoms with Gasteiger partial charge in [0.2, 0.25) is 5.91 Å². The summed E-state index contributed by atoms with van der Waals surface area (Å²) in [5.74, 6) is 0.472. The van der Waals surface area contributed by atoms with Gasteiger partial charge in [-0.25, -0.2) is 0 Å². The lowest BCUT2D eigenvalue weighted by molar-refractivity contribution is -0.119. The third kappa shape index (κ3) is 4.19. The summed E-state index contributed by atoms with van der Waals surface area (Å²) in [5, 5.41) is 11.3. The highest BCUT2D eigenvalue weighted by atomic mass is 16.5. The fraction of sp³-hybridized carbons (Fsp3) is 0.250. The van der Waals surface area contributed by atoms with Crippen molar-refractivity contribution >= 4 is 23.2 Å². The molecule has 0 bridgehead atoms. The molecule has 0 radical (unpaired) electrons. The van der Waals surface area contributed by atoms with Crippen LogP contribution in [0, 0.1) is 11.3 Å². The molecule has 3 rings (SSSR count). The van der Waals surface area contributed by atoms with Crippen LogP contribution in [0.3, 0.4) is 0 Å². The number of hydrogen-bond donors (Lipinski definition) is 1. The molecule has 0 saturated carbocycles. The zero-order chi connectivity index (χ0) is 18.4. The zero-order valence-corrected chi connectivity index (χ0v) is 14.3. The molecule has 1 aliphatic heterocycles. The maximum atomic E-state index is 12.4. The highest BCUT2D eigenvalue weighted by Crippen LogP contribution is 2.22. The second kappa shape index (κ2) is 8.17. The van der Waals surface area contributed by atoms with Gasteiger partial charge in [0.15, 0.2) is 6.61 Å². The van der Waals surface area contributed by atoms with Crippen LogP contribution in [0.4, 0.5) is 11.4 Å². The lowest BCUT2D eigenvalue weighted by Gasteiger charge is -2.26. The number of carbonyl (C=O) groups is 2. The monoisotopic (exact) mass is 349 g/mol. The Balaban J connectivity index is 1.63. The van der Waals surface area contributed by atoms with Crippen molar-refractivity contribution in [3.05, 3.63) is 54.1 Å². The molecule has 0 aliphatic carbocycles. The van der Waals surface area contributed by atoms with E-state index in [0.29, 0.717) is 23.4 Å². The summed E-state index contributed by atoms with van der Waals surface area (Å²) in [6.45, 7) is 0.710. The van der Waals surface area contributed by atoms with Gasteiger partial charge >= 0.3 is 0 Å². The molecule has 1 N–H and O–H groups in total. The van der Waals surface area contributed by atoms with Crippen molar-refractivity contribution in [3.63, 3.8) is 0 Å². The van der Waals surface area contributed by atoms with Crippen molar-refractivity contribution in [2.75, 3.05) is 23.4 Å². The maximum absolute atomic E-state index is 12.4. The molecule has 1 fully saturated rings. The Morgan fingerprint density at radius 1 is 1.12 bits per heavy atom. The first-order chi connectivity index (χ1) is 12.7. The first kappa shape index (κ1) is 17.5. The third-order valence-corrected chi connectivity index (χ3v) is 4.18. The van der Waals surface area contributed by atoms with Crippen molar-refractivity contribution in [2.45, 2.75) is 19.3 Å². The van der Waals surface area contributed by atoms with E-state index in [9.17, 15) is 9.59 Å². The van der Waals surface area contributed by atoms with Gasteiger partial charge in [0, 0.05) is 29.9 Å². The minimum atomic E-state index is -0.229. The lowest BCUT2D eigenvalue weighted by Crippen LogP contribution is -2.35. The second-order valence-electron chi connectivity index (χ2n) is 5.97. The first-order valence-electron chi connectivity index (χ1n) is 8.49. The molecule has 0 unspecified atom stereocenters. The molecule has 0 atom stereocenters. The molecule has 0 aromatic heterocycles. The van der Waals surface area contributed by atoms with Crippen LogP contribution in [-0.2, 0) is 4.79 Å². The normalized spacial score (nSPS) is 13.8. The lowest BCUT2D eigenvalue weighted by atomic mass is 10.1. The van der Waals surface area contributed by atoms with E-state index in [2.05, 4.69) is 5.32 Å². The SMILES string of the molecule is N#CCOc1ccc(NC(=O)c2ccc(N3CCCCC3=O)cc2)cc1. The van der Waals surface area contributed by atoms with E-state index < -0.39 is 0 Å². The molecule has 2 aromatic carbocycles. The number of rotatable bonds is 5. The molecule has 0 spiro atoms. The molecule has 6 nitrogen and oxygen atoms in total. The van der Waals surface area contributed by atoms with Gasteiger partial charge in [-0.3, -0.25) is 9.59 Å². The van der Waals surface area contributed by atoms with E-state index in [0.717, 1.165) is 25.1 Å². The van der Waals surface area contributed by atoms with Crippen molar-refractivity contribution in [1.82, 2.24) is 0 Å². The van der Waals surface area contributed by atoms with Gasteiger partial charge in [-0.05, 0) is 61.4 Å². The average molecular weight is 349 g/mol. The molecule has 1 heterocycles. The number of piperidine rings is 1. The topological polar surface area (TPSA) is 82.4 Å². The molecular weight excluding hydrogens is 330 g/mol. The molecule has 6 heteroatoms. The van der Waals surface area contributed by atoms with Crippen LogP contribution in [0.25, 0.3) is 0 Å². The van der Waals surface area contributed by atoms with Gasteiger partial charge in [-0.15, -0.1) is 0 Å². The van der Waals surface area contributed by atoms with Crippen LogP contribution in [0.5, 0.6) is 5.75 Å². The Labute approximate surface area is 152 Å². The molecule has 26 heavy (non-hydrogen) atoms. The van der Waals surface area contributed by atoms with Gasteiger partial charge < -0.3 is 15.0 Å². The number of nitrogens with zero attached hydrogens (tertiary/aromatic N) is 2. The fourth-order valence-corrected chi connectivity index (χ4v) is 2.83. The summed E-state index contributed by atoms with van der Waals surface area (Å²) >= 11 is 0. The second-order valence-corrected chi connectivity index (χ2v) is 5.97. The fourth-order valence-electron chi connectivity index (χ4n) is 2.83. The van der Waals surface area contributed by atoms with Crippen molar-refractivity contribution in [3.8, 4) is 11.8 Å². The first-order valence-corrected chi connectivity index (χ1v) is 8.49. The molecular formula is C20H19N3O3. The van der Waals surface area contributed by atoms with Crippen LogP contribution < -0.4 is 15.0 Å². The van der Waals surface area contributed by atoms with E-state index in [-0.39, 0.29) is 18.4 Å². The number of nitrogens with one attached hydrogen (secondary N) is 1.